The first-order valence-corrected chi connectivity index (χ1v) is 11.3. The van der Waals surface area contributed by atoms with E-state index in [1.54, 1.807) is 0 Å². The third-order valence-corrected chi connectivity index (χ3v) is 8.02. The fourth-order valence-corrected chi connectivity index (χ4v) is 6.72. The minimum atomic E-state index is -4.38. The van der Waals surface area contributed by atoms with Crippen LogP contribution in [0.15, 0.2) is 24.3 Å². The lowest BCUT2D eigenvalue weighted by Crippen LogP contribution is -2.63. The van der Waals surface area contributed by atoms with Crippen molar-refractivity contribution >= 4 is 17.5 Å². The summed E-state index contributed by atoms with van der Waals surface area (Å²) in [6, 6.07) is 5.01. The summed E-state index contributed by atoms with van der Waals surface area (Å²) in [4.78, 5) is 27.1. The topological polar surface area (TPSA) is 84.7 Å². The minimum Gasteiger partial charge on any atom is -0.369 e. The number of halogens is 3. The van der Waals surface area contributed by atoms with Crippen molar-refractivity contribution in [1.82, 2.24) is 5.32 Å². The molecule has 1 aromatic rings. The zero-order valence-electron chi connectivity index (χ0n) is 17.7. The molecule has 2 amide bonds. The van der Waals surface area contributed by atoms with Crippen molar-refractivity contribution in [3.63, 3.8) is 0 Å². The number of nitrogens with zero attached hydrogens (tertiary/aromatic N) is 1. The molecule has 5 aliphatic rings. The van der Waals surface area contributed by atoms with E-state index in [-0.39, 0.29) is 36.2 Å². The summed E-state index contributed by atoms with van der Waals surface area (Å²) in [6.45, 7) is 1.11. The van der Waals surface area contributed by atoms with Gasteiger partial charge in [0.25, 0.3) is 5.91 Å². The van der Waals surface area contributed by atoms with Crippen molar-refractivity contribution in [2.24, 2.45) is 28.9 Å². The molecule has 1 aromatic carbocycles. The molecule has 4 bridgehead atoms. The van der Waals surface area contributed by atoms with Crippen LogP contribution in [0.3, 0.4) is 0 Å². The Labute approximate surface area is 184 Å². The van der Waals surface area contributed by atoms with Crippen LogP contribution in [0, 0.1) is 23.2 Å². The maximum atomic E-state index is 13.1. The van der Waals surface area contributed by atoms with Gasteiger partial charge in [-0.2, -0.15) is 13.2 Å². The first-order valence-electron chi connectivity index (χ1n) is 11.3. The number of nitrogens with two attached hydrogens (primary N) is 1. The standard InChI is InChI=1S/C23H28F3N3O3/c24-23(25,26)16-1-3-17(4-2-16)29-5-6-32-18(12-29)20(30)28-19-14-7-13-8-15(19)11-22(9-13,10-14)21(27)31/h1-4,13-15,18-19H,5-12H2,(H2,27,31)(H,28,30)/t13?,14?,15?,18-,19?,22?/m1/s1. The van der Waals surface area contributed by atoms with Crippen LogP contribution >= 0.6 is 0 Å². The minimum absolute atomic E-state index is 0.0246. The maximum Gasteiger partial charge on any atom is 0.416 e. The Morgan fingerprint density at radius 3 is 2.34 bits per heavy atom. The van der Waals surface area contributed by atoms with Crippen LogP contribution in [0.1, 0.15) is 37.7 Å². The number of alkyl halides is 3. The number of hydrogen-bond donors (Lipinski definition) is 2. The van der Waals surface area contributed by atoms with Gasteiger partial charge in [0.2, 0.25) is 5.91 Å². The van der Waals surface area contributed by atoms with E-state index in [9.17, 15) is 22.8 Å². The van der Waals surface area contributed by atoms with Crippen molar-refractivity contribution in [1.29, 1.82) is 0 Å². The Bertz CT molecular complexity index is 888. The smallest absolute Gasteiger partial charge is 0.369 e. The van der Waals surface area contributed by atoms with Crippen LogP contribution in [0.25, 0.3) is 0 Å². The zero-order chi connectivity index (χ0) is 22.7. The molecule has 1 heterocycles. The van der Waals surface area contributed by atoms with Gasteiger partial charge in [0, 0.05) is 23.7 Å². The molecule has 1 saturated heterocycles. The molecule has 4 aliphatic carbocycles. The lowest BCUT2D eigenvalue weighted by molar-refractivity contribution is -0.149. The molecule has 3 N–H and O–H groups in total. The Hall–Kier alpha value is -2.29. The molecule has 1 aliphatic heterocycles. The van der Waals surface area contributed by atoms with E-state index >= 15 is 0 Å². The second-order valence-electron chi connectivity index (χ2n) is 10.00. The SMILES string of the molecule is NC(=O)C12CC3CC(C1)C(NC(=O)[C@H]1CN(c4ccc(C(F)(F)F)cc4)CCO1)C(C3)C2. The molecule has 5 fully saturated rings. The van der Waals surface area contributed by atoms with Crippen molar-refractivity contribution < 1.29 is 27.5 Å². The number of ether oxygens (including phenoxy) is 1. The molecular weight excluding hydrogens is 423 g/mol. The van der Waals surface area contributed by atoms with Crippen LogP contribution in [0.4, 0.5) is 18.9 Å². The summed E-state index contributed by atoms with van der Waals surface area (Å²) in [5, 5.41) is 3.20. The highest BCUT2D eigenvalue weighted by molar-refractivity contribution is 5.83. The predicted octanol–water partition coefficient (Wildman–Crippen LogP) is 2.71. The van der Waals surface area contributed by atoms with Gasteiger partial charge in [0.05, 0.1) is 18.7 Å². The highest BCUT2D eigenvalue weighted by Gasteiger charge is 2.58. The molecule has 3 atom stereocenters. The molecular formula is C23H28F3N3O3. The average Bonchev–Trinajstić information content (AvgIpc) is 2.75. The third kappa shape index (κ3) is 3.74. The van der Waals surface area contributed by atoms with Gasteiger partial charge in [-0.1, -0.05) is 0 Å². The van der Waals surface area contributed by atoms with Crippen LogP contribution in [-0.4, -0.2) is 43.7 Å². The van der Waals surface area contributed by atoms with Crippen LogP contribution in [0.5, 0.6) is 0 Å². The number of benzene rings is 1. The Kier molecular flexibility index (Phi) is 5.15. The monoisotopic (exact) mass is 451 g/mol. The quantitative estimate of drug-likeness (QED) is 0.737. The lowest BCUT2D eigenvalue weighted by Gasteiger charge is -2.59. The molecule has 2 unspecified atom stereocenters. The first kappa shape index (κ1) is 21.6. The van der Waals surface area contributed by atoms with E-state index in [2.05, 4.69) is 5.32 Å². The average molecular weight is 451 g/mol. The van der Waals surface area contributed by atoms with Crippen molar-refractivity contribution in [3.8, 4) is 0 Å². The number of morpholine rings is 1. The summed E-state index contributed by atoms with van der Waals surface area (Å²) in [7, 11) is 0. The largest absolute Gasteiger partial charge is 0.416 e. The molecule has 0 radical (unpaired) electrons. The van der Waals surface area contributed by atoms with E-state index in [1.807, 2.05) is 4.90 Å². The van der Waals surface area contributed by atoms with Gasteiger partial charge in [-0.15, -0.1) is 0 Å². The van der Waals surface area contributed by atoms with Gasteiger partial charge >= 0.3 is 6.18 Å². The fourth-order valence-electron chi connectivity index (χ4n) is 6.72. The second-order valence-corrected chi connectivity index (χ2v) is 10.00. The number of amides is 2. The fraction of sp³-hybridized carbons (Fsp3) is 0.652. The number of hydrogen-bond acceptors (Lipinski definition) is 4. The van der Waals surface area contributed by atoms with Gasteiger partial charge in [0.1, 0.15) is 0 Å². The Morgan fingerprint density at radius 1 is 1.09 bits per heavy atom. The zero-order valence-corrected chi connectivity index (χ0v) is 17.7. The predicted molar refractivity (Wildman–Crippen MR) is 111 cm³/mol. The summed E-state index contributed by atoms with van der Waals surface area (Å²) < 4.78 is 44.2. The van der Waals surface area contributed by atoms with Crippen LogP contribution in [0.2, 0.25) is 0 Å². The highest BCUT2D eigenvalue weighted by Crippen LogP contribution is 2.59. The van der Waals surface area contributed by atoms with E-state index in [0.29, 0.717) is 24.8 Å². The Balaban J connectivity index is 1.23. The van der Waals surface area contributed by atoms with Gasteiger partial charge in [0.15, 0.2) is 6.10 Å². The van der Waals surface area contributed by atoms with E-state index in [0.717, 1.165) is 44.2 Å². The molecule has 6 nitrogen and oxygen atoms in total. The van der Waals surface area contributed by atoms with Gasteiger partial charge < -0.3 is 20.7 Å². The molecule has 174 valence electrons. The first-order chi connectivity index (χ1) is 15.1. The molecule has 9 heteroatoms. The number of rotatable bonds is 4. The number of primary amides is 1. The van der Waals surface area contributed by atoms with E-state index in [1.165, 1.54) is 12.1 Å². The normalized spacial score (nSPS) is 36.2. The van der Waals surface area contributed by atoms with Gasteiger partial charge in [-0.3, -0.25) is 9.59 Å². The van der Waals surface area contributed by atoms with E-state index < -0.39 is 23.3 Å². The molecule has 0 spiro atoms. The third-order valence-electron chi connectivity index (χ3n) is 8.02. The summed E-state index contributed by atoms with van der Waals surface area (Å²) >= 11 is 0. The van der Waals surface area contributed by atoms with E-state index in [4.69, 9.17) is 10.5 Å². The van der Waals surface area contributed by atoms with Crippen molar-refractivity contribution in [3.05, 3.63) is 29.8 Å². The number of nitrogens with one attached hydrogen (secondary N) is 1. The second kappa shape index (κ2) is 7.64. The van der Waals surface area contributed by atoms with Gasteiger partial charge in [-0.25, -0.2) is 0 Å². The number of carbonyl (C=O) groups excluding carboxylic acids is 2. The molecule has 32 heavy (non-hydrogen) atoms. The molecule has 6 rings (SSSR count). The maximum absolute atomic E-state index is 13.1. The van der Waals surface area contributed by atoms with Crippen LogP contribution in [-0.2, 0) is 20.5 Å². The van der Waals surface area contributed by atoms with Crippen LogP contribution < -0.4 is 16.0 Å². The van der Waals surface area contributed by atoms with Crippen molar-refractivity contribution in [2.75, 3.05) is 24.6 Å². The molecule has 0 aromatic heterocycles. The Morgan fingerprint density at radius 2 is 1.75 bits per heavy atom. The summed E-state index contributed by atoms with van der Waals surface area (Å²) in [5.74, 6) is 0.630. The highest BCUT2D eigenvalue weighted by atomic mass is 19.4. The summed E-state index contributed by atoms with van der Waals surface area (Å²) in [6.07, 6.45) is -0.679. The summed E-state index contributed by atoms with van der Waals surface area (Å²) in [5.41, 5.74) is 5.28. The van der Waals surface area contributed by atoms with Gasteiger partial charge in [-0.05, 0) is 74.1 Å². The molecule has 4 saturated carbocycles. The lowest BCUT2D eigenvalue weighted by atomic mass is 9.47. The van der Waals surface area contributed by atoms with Crippen molar-refractivity contribution in [2.45, 2.75) is 50.4 Å². The number of carbonyl (C=O) groups is 2. The number of anilines is 1.